The Labute approximate surface area is 133 Å². The molecule has 0 fully saturated rings. The molecular weight excluding hydrogens is 276 g/mol. The van der Waals surface area contributed by atoms with E-state index in [9.17, 15) is 0 Å². The Morgan fingerprint density at radius 1 is 1.05 bits per heavy atom. The zero-order valence-electron chi connectivity index (χ0n) is 14.0. The van der Waals surface area contributed by atoms with Gasteiger partial charge in [0.05, 0.1) is 18.7 Å². The molecule has 4 nitrogen and oxygen atoms in total. The first-order chi connectivity index (χ1) is 10.7. The van der Waals surface area contributed by atoms with Gasteiger partial charge in [-0.15, -0.1) is 0 Å². The molecule has 0 aliphatic heterocycles. The van der Waals surface area contributed by atoms with E-state index < -0.39 is 0 Å². The number of rotatable bonds is 9. The van der Waals surface area contributed by atoms with Crippen LogP contribution in [0.1, 0.15) is 39.2 Å². The van der Waals surface area contributed by atoms with Gasteiger partial charge in [-0.25, -0.2) is 0 Å². The van der Waals surface area contributed by atoms with Crippen LogP contribution in [0.2, 0.25) is 0 Å². The van der Waals surface area contributed by atoms with Gasteiger partial charge in [-0.3, -0.25) is 0 Å². The second-order valence-electron chi connectivity index (χ2n) is 5.42. The second-order valence-corrected chi connectivity index (χ2v) is 5.42. The van der Waals surface area contributed by atoms with Gasteiger partial charge in [-0.05, 0) is 51.3 Å². The van der Waals surface area contributed by atoms with Gasteiger partial charge in [0.1, 0.15) is 0 Å². The molecule has 1 aromatic carbocycles. The highest BCUT2D eigenvalue weighted by Crippen LogP contribution is 2.35. The van der Waals surface area contributed by atoms with Gasteiger partial charge in [0, 0.05) is 24.2 Å². The second kappa shape index (κ2) is 8.08. The molecule has 2 N–H and O–H groups in total. The molecule has 0 spiro atoms. The van der Waals surface area contributed by atoms with Crippen LogP contribution in [0.5, 0.6) is 11.5 Å². The number of benzene rings is 1. The number of nitrogens with two attached hydrogens (primary N) is 1. The van der Waals surface area contributed by atoms with Crippen LogP contribution < -0.4 is 15.2 Å². The Morgan fingerprint density at radius 2 is 1.73 bits per heavy atom. The fraction of sp³-hybridized carbons (Fsp3) is 0.556. The smallest absolute Gasteiger partial charge is 0.163 e. The van der Waals surface area contributed by atoms with Gasteiger partial charge in [0.15, 0.2) is 11.5 Å². The van der Waals surface area contributed by atoms with Crippen LogP contribution in [0, 0.1) is 0 Å². The summed E-state index contributed by atoms with van der Waals surface area (Å²) in [4.78, 5) is 0. The highest BCUT2D eigenvalue weighted by Gasteiger charge is 2.14. The van der Waals surface area contributed by atoms with Crippen LogP contribution in [0.3, 0.4) is 0 Å². The van der Waals surface area contributed by atoms with E-state index in [1.807, 2.05) is 13.8 Å². The summed E-state index contributed by atoms with van der Waals surface area (Å²) in [6.45, 7) is 9.20. The average Bonchev–Trinajstić information content (AvgIpc) is 2.84. The van der Waals surface area contributed by atoms with Crippen molar-refractivity contribution in [2.75, 3.05) is 19.8 Å². The summed E-state index contributed by atoms with van der Waals surface area (Å²) in [5.74, 6) is 1.66. The first-order valence-electron chi connectivity index (χ1n) is 8.36. The van der Waals surface area contributed by atoms with Crippen LogP contribution in [-0.2, 0) is 13.0 Å². The lowest BCUT2D eigenvalue weighted by atomic mass is 10.1. The topological polar surface area (TPSA) is 49.4 Å². The van der Waals surface area contributed by atoms with Crippen molar-refractivity contribution in [3.63, 3.8) is 0 Å². The van der Waals surface area contributed by atoms with Gasteiger partial charge in [-0.1, -0.05) is 6.92 Å². The third kappa shape index (κ3) is 3.55. The molecule has 0 saturated carbocycles. The molecule has 2 rings (SSSR count). The number of ether oxygens (including phenoxy) is 2. The molecular formula is C18H28N2O2. The van der Waals surface area contributed by atoms with Gasteiger partial charge in [0.25, 0.3) is 0 Å². The molecule has 0 bridgehead atoms. The van der Waals surface area contributed by atoms with E-state index >= 15 is 0 Å². The molecule has 0 aliphatic carbocycles. The van der Waals surface area contributed by atoms with Crippen molar-refractivity contribution in [1.29, 1.82) is 0 Å². The number of aromatic nitrogens is 1. The van der Waals surface area contributed by atoms with E-state index in [-0.39, 0.29) is 0 Å². The van der Waals surface area contributed by atoms with Gasteiger partial charge in [-0.2, -0.15) is 0 Å². The molecule has 2 aromatic rings. The van der Waals surface area contributed by atoms with Crippen molar-refractivity contribution < 1.29 is 9.47 Å². The zero-order chi connectivity index (χ0) is 15.9. The lowest BCUT2D eigenvalue weighted by molar-refractivity contribution is 0.288. The normalized spacial score (nSPS) is 11.1. The first-order valence-corrected chi connectivity index (χ1v) is 8.36. The molecule has 0 aliphatic rings. The van der Waals surface area contributed by atoms with Crippen LogP contribution in [0.15, 0.2) is 18.3 Å². The lowest BCUT2D eigenvalue weighted by Crippen LogP contribution is -2.00. The molecule has 4 heteroatoms. The van der Waals surface area contributed by atoms with Gasteiger partial charge in [0.2, 0.25) is 0 Å². The number of hydrogen-bond acceptors (Lipinski definition) is 3. The Hall–Kier alpha value is -1.68. The predicted molar refractivity (Wildman–Crippen MR) is 91.9 cm³/mol. The Bertz CT molecular complexity index is 605. The molecule has 22 heavy (non-hydrogen) atoms. The SMILES string of the molecule is CCCn1cc(CCCN)c2cc(OCC)c(OCC)cc21. The van der Waals surface area contributed by atoms with Crippen LogP contribution in [0.4, 0.5) is 0 Å². The Balaban J connectivity index is 2.53. The van der Waals surface area contributed by atoms with E-state index in [2.05, 4.69) is 29.8 Å². The highest BCUT2D eigenvalue weighted by atomic mass is 16.5. The average molecular weight is 304 g/mol. The number of hydrogen-bond donors (Lipinski definition) is 1. The maximum Gasteiger partial charge on any atom is 0.163 e. The summed E-state index contributed by atoms with van der Waals surface area (Å²) in [5.41, 5.74) is 8.24. The molecule has 0 atom stereocenters. The molecule has 0 amide bonds. The van der Waals surface area contributed by atoms with Crippen molar-refractivity contribution in [2.45, 2.75) is 46.6 Å². The summed E-state index contributed by atoms with van der Waals surface area (Å²) < 4.78 is 13.8. The summed E-state index contributed by atoms with van der Waals surface area (Å²) >= 11 is 0. The molecule has 1 aromatic heterocycles. The van der Waals surface area contributed by atoms with E-state index in [1.54, 1.807) is 0 Å². The fourth-order valence-electron chi connectivity index (χ4n) is 2.83. The molecule has 0 saturated heterocycles. The minimum absolute atomic E-state index is 0.638. The van der Waals surface area contributed by atoms with E-state index in [4.69, 9.17) is 15.2 Å². The number of fused-ring (bicyclic) bond motifs is 1. The van der Waals surface area contributed by atoms with Crippen molar-refractivity contribution in [3.05, 3.63) is 23.9 Å². The summed E-state index contributed by atoms with van der Waals surface area (Å²) in [6.07, 6.45) is 5.37. The van der Waals surface area contributed by atoms with Gasteiger partial charge < -0.3 is 19.8 Å². The molecule has 0 radical (unpaired) electrons. The maximum atomic E-state index is 5.77. The van der Waals surface area contributed by atoms with E-state index in [0.29, 0.717) is 13.2 Å². The zero-order valence-corrected chi connectivity index (χ0v) is 14.0. The van der Waals surface area contributed by atoms with Crippen LogP contribution in [0.25, 0.3) is 10.9 Å². The third-order valence-electron chi connectivity index (χ3n) is 3.74. The van der Waals surface area contributed by atoms with Crippen molar-refractivity contribution in [3.8, 4) is 11.5 Å². The van der Waals surface area contributed by atoms with Gasteiger partial charge >= 0.3 is 0 Å². The monoisotopic (exact) mass is 304 g/mol. The molecule has 122 valence electrons. The molecule has 1 heterocycles. The Kier molecular flexibility index (Phi) is 6.13. The minimum Gasteiger partial charge on any atom is -0.490 e. The third-order valence-corrected chi connectivity index (χ3v) is 3.74. The standard InChI is InChI=1S/C18H28N2O2/c1-4-10-20-13-14(8-7-9-19)15-11-17(21-5-2)18(22-6-3)12-16(15)20/h11-13H,4-10,19H2,1-3H3. The quantitative estimate of drug-likeness (QED) is 0.767. The minimum atomic E-state index is 0.638. The predicted octanol–water partition coefficient (Wildman–Crippen LogP) is 3.74. The van der Waals surface area contributed by atoms with E-state index in [0.717, 1.165) is 43.9 Å². The van der Waals surface area contributed by atoms with Crippen molar-refractivity contribution in [1.82, 2.24) is 4.57 Å². The largest absolute Gasteiger partial charge is 0.490 e. The number of nitrogens with zero attached hydrogens (tertiary/aromatic N) is 1. The van der Waals surface area contributed by atoms with Crippen LogP contribution >= 0.6 is 0 Å². The lowest BCUT2D eigenvalue weighted by Gasteiger charge is -2.12. The highest BCUT2D eigenvalue weighted by molar-refractivity contribution is 5.87. The van der Waals surface area contributed by atoms with Crippen LogP contribution in [-0.4, -0.2) is 24.3 Å². The van der Waals surface area contributed by atoms with E-state index in [1.165, 1.54) is 16.5 Å². The van der Waals surface area contributed by atoms with Crippen molar-refractivity contribution >= 4 is 10.9 Å². The van der Waals surface area contributed by atoms with Crippen molar-refractivity contribution in [2.24, 2.45) is 5.73 Å². The maximum absolute atomic E-state index is 5.77. The summed E-state index contributed by atoms with van der Waals surface area (Å²) in [5, 5.41) is 1.26. The summed E-state index contributed by atoms with van der Waals surface area (Å²) in [7, 11) is 0. The fourth-order valence-corrected chi connectivity index (χ4v) is 2.83. The first kappa shape index (κ1) is 16.7. The molecule has 0 unspecified atom stereocenters. The summed E-state index contributed by atoms with van der Waals surface area (Å²) in [6, 6.07) is 4.24. The number of aryl methyl sites for hydroxylation is 2. The Morgan fingerprint density at radius 3 is 2.32 bits per heavy atom.